The van der Waals surface area contributed by atoms with Crippen LogP contribution < -0.4 is 11.1 Å². The fourth-order valence-electron chi connectivity index (χ4n) is 1.86. The standard InChI is InChI=1S/C10H23N3/c1-2-13-8-4-10(5-9-13)12-7-3-6-11/h10,12H,2-9,11H2,1H3. The van der Waals surface area contributed by atoms with E-state index in [0.717, 1.165) is 25.6 Å². The lowest BCUT2D eigenvalue weighted by atomic mass is 10.1. The predicted octanol–water partition coefficient (Wildman–Crippen LogP) is 0.409. The molecule has 0 aromatic heterocycles. The molecule has 0 saturated carbocycles. The zero-order chi connectivity index (χ0) is 9.52. The van der Waals surface area contributed by atoms with Gasteiger partial charge in [0.2, 0.25) is 0 Å². The monoisotopic (exact) mass is 185 g/mol. The van der Waals surface area contributed by atoms with Crippen molar-refractivity contribution in [3.63, 3.8) is 0 Å². The number of hydrogen-bond donors (Lipinski definition) is 2. The van der Waals surface area contributed by atoms with Crippen LogP contribution in [0.3, 0.4) is 0 Å². The summed E-state index contributed by atoms with van der Waals surface area (Å²) in [6.45, 7) is 7.86. The number of likely N-dealkylation sites (tertiary alicyclic amines) is 1. The van der Waals surface area contributed by atoms with Crippen molar-refractivity contribution in [2.75, 3.05) is 32.7 Å². The largest absolute Gasteiger partial charge is 0.330 e. The van der Waals surface area contributed by atoms with Gasteiger partial charge in [-0.15, -0.1) is 0 Å². The van der Waals surface area contributed by atoms with Crippen LogP contribution in [-0.2, 0) is 0 Å². The molecule has 13 heavy (non-hydrogen) atoms. The lowest BCUT2D eigenvalue weighted by Crippen LogP contribution is -2.42. The Hall–Kier alpha value is -0.120. The first-order chi connectivity index (χ1) is 6.36. The van der Waals surface area contributed by atoms with E-state index in [1.54, 1.807) is 0 Å². The predicted molar refractivity (Wildman–Crippen MR) is 56.8 cm³/mol. The molecular formula is C10H23N3. The first-order valence-electron chi connectivity index (χ1n) is 5.52. The molecule has 1 rings (SSSR count). The van der Waals surface area contributed by atoms with Crippen LogP contribution in [0.2, 0.25) is 0 Å². The summed E-state index contributed by atoms with van der Waals surface area (Å²) in [7, 11) is 0. The van der Waals surface area contributed by atoms with Gasteiger partial charge >= 0.3 is 0 Å². The number of rotatable bonds is 5. The van der Waals surface area contributed by atoms with E-state index in [4.69, 9.17) is 5.73 Å². The second kappa shape index (κ2) is 6.35. The van der Waals surface area contributed by atoms with E-state index in [9.17, 15) is 0 Å². The summed E-state index contributed by atoms with van der Waals surface area (Å²) in [5.41, 5.74) is 5.44. The molecule has 1 aliphatic heterocycles. The lowest BCUT2D eigenvalue weighted by Gasteiger charge is -2.31. The minimum atomic E-state index is 0.745. The highest BCUT2D eigenvalue weighted by Crippen LogP contribution is 2.09. The first kappa shape index (κ1) is 11.0. The van der Waals surface area contributed by atoms with Crippen molar-refractivity contribution >= 4 is 0 Å². The fourth-order valence-corrected chi connectivity index (χ4v) is 1.86. The fraction of sp³-hybridized carbons (Fsp3) is 1.00. The first-order valence-corrected chi connectivity index (χ1v) is 5.52. The van der Waals surface area contributed by atoms with Gasteiger partial charge in [-0.25, -0.2) is 0 Å². The van der Waals surface area contributed by atoms with Crippen LogP contribution in [0, 0.1) is 0 Å². The van der Waals surface area contributed by atoms with Gasteiger partial charge < -0.3 is 16.0 Å². The molecule has 0 amide bonds. The van der Waals surface area contributed by atoms with E-state index in [0.29, 0.717) is 0 Å². The van der Waals surface area contributed by atoms with E-state index in [1.807, 2.05) is 0 Å². The number of piperidine rings is 1. The Morgan fingerprint density at radius 2 is 2.08 bits per heavy atom. The summed E-state index contributed by atoms with van der Waals surface area (Å²) in [5, 5.41) is 3.56. The average Bonchev–Trinajstić information content (AvgIpc) is 2.19. The Labute approximate surface area is 81.7 Å². The molecule has 0 aliphatic carbocycles. The molecular weight excluding hydrogens is 162 g/mol. The van der Waals surface area contributed by atoms with Crippen LogP contribution in [0.4, 0.5) is 0 Å². The van der Waals surface area contributed by atoms with Crippen molar-refractivity contribution in [1.29, 1.82) is 0 Å². The number of nitrogens with zero attached hydrogens (tertiary/aromatic N) is 1. The lowest BCUT2D eigenvalue weighted by molar-refractivity contribution is 0.206. The summed E-state index contributed by atoms with van der Waals surface area (Å²) in [5.74, 6) is 0. The molecule has 1 saturated heterocycles. The molecule has 0 aromatic carbocycles. The second-order valence-corrected chi connectivity index (χ2v) is 3.80. The van der Waals surface area contributed by atoms with E-state index in [1.165, 1.54) is 32.5 Å². The van der Waals surface area contributed by atoms with Crippen LogP contribution in [0.15, 0.2) is 0 Å². The zero-order valence-electron chi connectivity index (χ0n) is 8.76. The molecule has 0 atom stereocenters. The van der Waals surface area contributed by atoms with E-state index in [-0.39, 0.29) is 0 Å². The molecule has 1 aliphatic rings. The Morgan fingerprint density at radius 3 is 2.62 bits per heavy atom. The molecule has 0 spiro atoms. The summed E-state index contributed by atoms with van der Waals surface area (Å²) in [4.78, 5) is 2.51. The highest BCUT2D eigenvalue weighted by atomic mass is 15.1. The van der Waals surface area contributed by atoms with Crippen LogP contribution in [0.1, 0.15) is 26.2 Å². The van der Waals surface area contributed by atoms with Gasteiger partial charge in [-0.1, -0.05) is 6.92 Å². The normalized spacial score (nSPS) is 20.8. The zero-order valence-corrected chi connectivity index (χ0v) is 8.76. The third-order valence-corrected chi connectivity index (χ3v) is 2.85. The van der Waals surface area contributed by atoms with Crippen LogP contribution in [0.25, 0.3) is 0 Å². The Kier molecular flexibility index (Phi) is 5.35. The quantitative estimate of drug-likeness (QED) is 0.610. The van der Waals surface area contributed by atoms with Gasteiger partial charge in [-0.05, 0) is 52.0 Å². The van der Waals surface area contributed by atoms with Crippen molar-refractivity contribution < 1.29 is 0 Å². The van der Waals surface area contributed by atoms with Gasteiger partial charge in [0, 0.05) is 6.04 Å². The van der Waals surface area contributed by atoms with E-state index in [2.05, 4.69) is 17.1 Å². The molecule has 3 N–H and O–H groups in total. The van der Waals surface area contributed by atoms with Gasteiger partial charge in [0.1, 0.15) is 0 Å². The third-order valence-electron chi connectivity index (χ3n) is 2.85. The molecule has 3 heteroatoms. The highest BCUT2D eigenvalue weighted by Gasteiger charge is 2.16. The minimum Gasteiger partial charge on any atom is -0.330 e. The minimum absolute atomic E-state index is 0.745. The SMILES string of the molecule is CCN1CCC(NCCCN)CC1. The molecule has 3 nitrogen and oxygen atoms in total. The number of nitrogens with one attached hydrogen (secondary N) is 1. The molecule has 78 valence electrons. The van der Waals surface area contributed by atoms with Gasteiger partial charge in [0.25, 0.3) is 0 Å². The number of nitrogens with two attached hydrogens (primary N) is 1. The van der Waals surface area contributed by atoms with Crippen molar-refractivity contribution in [3.8, 4) is 0 Å². The smallest absolute Gasteiger partial charge is 0.00914 e. The Morgan fingerprint density at radius 1 is 1.38 bits per heavy atom. The maximum atomic E-state index is 5.44. The average molecular weight is 185 g/mol. The molecule has 0 aromatic rings. The molecule has 0 unspecified atom stereocenters. The van der Waals surface area contributed by atoms with E-state index < -0.39 is 0 Å². The molecule has 0 bridgehead atoms. The third kappa shape index (κ3) is 4.07. The van der Waals surface area contributed by atoms with Gasteiger partial charge in [0.15, 0.2) is 0 Å². The molecule has 1 heterocycles. The highest BCUT2D eigenvalue weighted by molar-refractivity contribution is 4.76. The number of hydrogen-bond acceptors (Lipinski definition) is 3. The van der Waals surface area contributed by atoms with Crippen molar-refractivity contribution in [1.82, 2.24) is 10.2 Å². The molecule has 0 radical (unpaired) electrons. The van der Waals surface area contributed by atoms with Gasteiger partial charge in [-0.2, -0.15) is 0 Å². The molecule has 1 fully saturated rings. The maximum Gasteiger partial charge on any atom is 0.00914 e. The van der Waals surface area contributed by atoms with Crippen molar-refractivity contribution in [3.05, 3.63) is 0 Å². The summed E-state index contributed by atoms with van der Waals surface area (Å²) >= 11 is 0. The van der Waals surface area contributed by atoms with Gasteiger partial charge in [0.05, 0.1) is 0 Å². The van der Waals surface area contributed by atoms with E-state index >= 15 is 0 Å². The Balaban J connectivity index is 2.03. The Bertz CT molecular complexity index is 117. The van der Waals surface area contributed by atoms with Crippen molar-refractivity contribution in [2.24, 2.45) is 5.73 Å². The van der Waals surface area contributed by atoms with Crippen molar-refractivity contribution in [2.45, 2.75) is 32.2 Å². The van der Waals surface area contributed by atoms with Crippen LogP contribution >= 0.6 is 0 Å². The van der Waals surface area contributed by atoms with Crippen LogP contribution in [0.5, 0.6) is 0 Å². The maximum absolute atomic E-state index is 5.44. The summed E-state index contributed by atoms with van der Waals surface area (Å²) in [6, 6.07) is 0.745. The topological polar surface area (TPSA) is 41.3 Å². The van der Waals surface area contributed by atoms with Crippen LogP contribution in [-0.4, -0.2) is 43.7 Å². The summed E-state index contributed by atoms with van der Waals surface area (Å²) < 4.78 is 0. The summed E-state index contributed by atoms with van der Waals surface area (Å²) in [6.07, 6.45) is 3.71. The van der Waals surface area contributed by atoms with Gasteiger partial charge in [-0.3, -0.25) is 0 Å². The second-order valence-electron chi connectivity index (χ2n) is 3.80.